The SMILES string of the molecule is CCC(C)C(NC(=O)C(N)Cc1c[nH]c2ccccc12)C(=O)NC(CC(N)=O)C(=O)NC(CC(C)C)C(=O)O. The van der Waals surface area contributed by atoms with Crippen molar-refractivity contribution in [3.63, 3.8) is 0 Å². The summed E-state index contributed by atoms with van der Waals surface area (Å²) >= 11 is 0. The number of primary amides is 1. The molecule has 5 unspecified atom stereocenters. The van der Waals surface area contributed by atoms with Crippen LogP contribution >= 0.6 is 0 Å². The molecule has 0 saturated heterocycles. The monoisotopic (exact) mass is 544 g/mol. The van der Waals surface area contributed by atoms with E-state index in [1.165, 1.54) is 0 Å². The summed E-state index contributed by atoms with van der Waals surface area (Å²) in [6, 6.07) is 2.95. The highest BCUT2D eigenvalue weighted by atomic mass is 16.4. The van der Waals surface area contributed by atoms with Crippen LogP contribution in [0.25, 0.3) is 10.9 Å². The second-order valence-corrected chi connectivity index (χ2v) is 10.3. The van der Waals surface area contributed by atoms with E-state index in [-0.39, 0.29) is 24.7 Å². The van der Waals surface area contributed by atoms with E-state index >= 15 is 0 Å². The van der Waals surface area contributed by atoms with Gasteiger partial charge in [0.15, 0.2) is 0 Å². The minimum atomic E-state index is -1.42. The van der Waals surface area contributed by atoms with Crippen LogP contribution in [0, 0.1) is 11.8 Å². The smallest absolute Gasteiger partial charge is 0.326 e. The van der Waals surface area contributed by atoms with Crippen LogP contribution in [0.5, 0.6) is 0 Å². The third kappa shape index (κ3) is 9.10. The van der Waals surface area contributed by atoms with Crippen LogP contribution in [0.4, 0.5) is 0 Å². The van der Waals surface area contributed by atoms with Crippen LogP contribution in [0.1, 0.15) is 52.5 Å². The van der Waals surface area contributed by atoms with Gasteiger partial charge in [0.25, 0.3) is 0 Å². The molecule has 1 aromatic heterocycles. The Balaban J connectivity index is 2.15. The minimum Gasteiger partial charge on any atom is -0.480 e. The van der Waals surface area contributed by atoms with Gasteiger partial charge in [0.1, 0.15) is 18.1 Å². The largest absolute Gasteiger partial charge is 0.480 e. The fraction of sp³-hybridized carbons (Fsp3) is 0.519. The second-order valence-electron chi connectivity index (χ2n) is 10.3. The van der Waals surface area contributed by atoms with E-state index in [0.717, 1.165) is 16.5 Å². The van der Waals surface area contributed by atoms with Crippen molar-refractivity contribution in [2.75, 3.05) is 0 Å². The van der Waals surface area contributed by atoms with Crippen LogP contribution in [0.2, 0.25) is 0 Å². The number of hydrogen-bond acceptors (Lipinski definition) is 6. The Morgan fingerprint density at radius 2 is 1.59 bits per heavy atom. The fourth-order valence-corrected chi connectivity index (χ4v) is 4.23. The quantitative estimate of drug-likeness (QED) is 0.169. The van der Waals surface area contributed by atoms with Gasteiger partial charge in [-0.3, -0.25) is 19.2 Å². The number of aromatic nitrogens is 1. The van der Waals surface area contributed by atoms with Crippen LogP contribution in [0.3, 0.4) is 0 Å². The van der Waals surface area contributed by atoms with Crippen molar-refractivity contribution >= 4 is 40.5 Å². The maximum atomic E-state index is 13.3. The van der Waals surface area contributed by atoms with Crippen molar-refractivity contribution in [1.29, 1.82) is 0 Å². The first-order valence-corrected chi connectivity index (χ1v) is 13.1. The zero-order chi connectivity index (χ0) is 29.3. The highest BCUT2D eigenvalue weighted by Gasteiger charge is 2.33. The summed E-state index contributed by atoms with van der Waals surface area (Å²) in [6.07, 6.45) is 2.13. The number of para-hydroxylation sites is 1. The highest BCUT2D eigenvalue weighted by Crippen LogP contribution is 2.19. The van der Waals surface area contributed by atoms with Gasteiger partial charge in [0.05, 0.1) is 12.5 Å². The molecule has 39 heavy (non-hydrogen) atoms. The van der Waals surface area contributed by atoms with Crippen molar-refractivity contribution in [1.82, 2.24) is 20.9 Å². The Labute approximate surface area is 227 Å². The molecule has 1 heterocycles. The number of rotatable bonds is 15. The van der Waals surface area contributed by atoms with Gasteiger partial charge in [-0.2, -0.15) is 0 Å². The number of H-pyrrole nitrogens is 1. The van der Waals surface area contributed by atoms with Crippen LogP contribution in [-0.2, 0) is 30.4 Å². The predicted octanol–water partition coefficient (Wildman–Crippen LogP) is 0.544. The molecule has 2 rings (SSSR count). The van der Waals surface area contributed by atoms with E-state index in [1.54, 1.807) is 27.0 Å². The summed E-state index contributed by atoms with van der Waals surface area (Å²) in [5.74, 6) is -4.62. The lowest BCUT2D eigenvalue weighted by molar-refractivity contribution is -0.143. The van der Waals surface area contributed by atoms with E-state index in [2.05, 4.69) is 20.9 Å². The van der Waals surface area contributed by atoms with Gasteiger partial charge in [-0.15, -0.1) is 0 Å². The third-order valence-electron chi connectivity index (χ3n) is 6.60. The average molecular weight is 545 g/mol. The molecule has 9 N–H and O–H groups in total. The maximum absolute atomic E-state index is 13.3. The normalized spacial score (nSPS) is 15.1. The standard InChI is InChI=1S/C27H40N6O6/c1-5-15(4)23(33-24(35)18(28)11-16-13-30-19-9-7-6-8-17(16)19)26(37)31-20(12-22(29)34)25(36)32-21(27(38)39)10-14(2)3/h6-9,13-15,18,20-21,23,30H,5,10-12,28H2,1-4H3,(H2,29,34)(H,31,37)(H,32,36)(H,33,35)(H,38,39). The number of benzene rings is 1. The number of nitrogens with two attached hydrogens (primary N) is 2. The Hall–Kier alpha value is -3.93. The molecule has 12 nitrogen and oxygen atoms in total. The Kier molecular flexibility index (Phi) is 11.5. The summed E-state index contributed by atoms with van der Waals surface area (Å²) in [5.41, 5.74) is 13.2. The molecule has 0 bridgehead atoms. The molecule has 0 aliphatic rings. The third-order valence-corrected chi connectivity index (χ3v) is 6.60. The minimum absolute atomic E-state index is 0.0333. The Bertz CT molecular complexity index is 1180. The summed E-state index contributed by atoms with van der Waals surface area (Å²) in [5, 5.41) is 17.9. The number of nitrogens with one attached hydrogen (secondary N) is 4. The van der Waals surface area contributed by atoms with E-state index < -0.39 is 60.2 Å². The van der Waals surface area contributed by atoms with Gasteiger partial charge in [-0.1, -0.05) is 52.3 Å². The predicted molar refractivity (Wildman–Crippen MR) is 146 cm³/mol. The number of aliphatic carboxylic acids is 1. The van der Waals surface area contributed by atoms with Crippen molar-refractivity contribution in [2.45, 2.75) is 77.5 Å². The molecule has 4 amide bonds. The Morgan fingerprint density at radius 1 is 0.949 bits per heavy atom. The van der Waals surface area contributed by atoms with E-state index in [0.29, 0.717) is 6.42 Å². The van der Waals surface area contributed by atoms with E-state index in [9.17, 15) is 29.1 Å². The number of fused-ring (bicyclic) bond motifs is 1. The molecular formula is C27H40N6O6. The van der Waals surface area contributed by atoms with Gasteiger partial charge in [-0.05, 0) is 36.3 Å². The first-order valence-electron chi connectivity index (χ1n) is 13.1. The molecule has 1 aromatic carbocycles. The van der Waals surface area contributed by atoms with Gasteiger partial charge in [-0.25, -0.2) is 4.79 Å². The van der Waals surface area contributed by atoms with Gasteiger partial charge >= 0.3 is 5.97 Å². The molecule has 12 heteroatoms. The lowest BCUT2D eigenvalue weighted by atomic mass is 9.96. The Morgan fingerprint density at radius 3 is 2.18 bits per heavy atom. The summed E-state index contributed by atoms with van der Waals surface area (Å²) in [7, 11) is 0. The van der Waals surface area contributed by atoms with Crippen molar-refractivity contribution in [3.8, 4) is 0 Å². The van der Waals surface area contributed by atoms with E-state index in [4.69, 9.17) is 11.5 Å². The molecule has 0 spiro atoms. The van der Waals surface area contributed by atoms with Gasteiger partial charge < -0.3 is 37.5 Å². The number of carboxylic acid groups (broad SMARTS) is 1. The number of carbonyl (C=O) groups is 5. The highest BCUT2D eigenvalue weighted by molar-refractivity contribution is 5.96. The molecule has 5 atom stereocenters. The second kappa shape index (κ2) is 14.3. The van der Waals surface area contributed by atoms with Crippen molar-refractivity contribution < 1.29 is 29.1 Å². The molecule has 0 aliphatic heterocycles. The molecule has 0 aliphatic carbocycles. The number of hydrogen-bond donors (Lipinski definition) is 7. The van der Waals surface area contributed by atoms with E-state index in [1.807, 2.05) is 31.2 Å². The first kappa shape index (κ1) is 31.3. The van der Waals surface area contributed by atoms with Crippen LogP contribution in [-0.4, -0.2) is 63.9 Å². The lowest BCUT2D eigenvalue weighted by Crippen LogP contribution is -2.59. The molecular weight excluding hydrogens is 504 g/mol. The fourth-order valence-electron chi connectivity index (χ4n) is 4.23. The van der Waals surface area contributed by atoms with Crippen LogP contribution in [0.15, 0.2) is 30.5 Å². The summed E-state index contributed by atoms with van der Waals surface area (Å²) in [6.45, 7) is 7.18. The molecule has 0 saturated carbocycles. The number of aromatic amines is 1. The summed E-state index contributed by atoms with van der Waals surface area (Å²) in [4.78, 5) is 65.5. The maximum Gasteiger partial charge on any atom is 0.326 e. The topological polar surface area (TPSA) is 209 Å². The number of carboxylic acids is 1. The van der Waals surface area contributed by atoms with Crippen molar-refractivity contribution in [2.24, 2.45) is 23.3 Å². The molecule has 2 aromatic rings. The molecule has 214 valence electrons. The number of amides is 4. The zero-order valence-electron chi connectivity index (χ0n) is 22.8. The van der Waals surface area contributed by atoms with Crippen molar-refractivity contribution in [3.05, 3.63) is 36.0 Å². The molecule has 0 fully saturated rings. The molecule has 0 radical (unpaired) electrons. The zero-order valence-corrected chi connectivity index (χ0v) is 22.8. The van der Waals surface area contributed by atoms with Gasteiger partial charge in [0, 0.05) is 17.1 Å². The summed E-state index contributed by atoms with van der Waals surface area (Å²) < 4.78 is 0. The lowest BCUT2D eigenvalue weighted by Gasteiger charge is -2.27. The van der Waals surface area contributed by atoms with Crippen LogP contribution < -0.4 is 27.4 Å². The van der Waals surface area contributed by atoms with Gasteiger partial charge in [0.2, 0.25) is 23.6 Å². The average Bonchev–Trinajstić information content (AvgIpc) is 3.27. The first-order chi connectivity index (χ1) is 18.3. The number of carbonyl (C=O) groups excluding carboxylic acids is 4.